The second-order valence-electron chi connectivity index (χ2n) is 4.41. The molecule has 1 heterocycles. The highest BCUT2D eigenvalue weighted by molar-refractivity contribution is 6.30. The maximum atomic E-state index is 13.2. The molecule has 1 unspecified atom stereocenters. The number of rotatable bonds is 5. The first-order valence-electron chi connectivity index (χ1n) is 6.24. The summed E-state index contributed by atoms with van der Waals surface area (Å²) >= 11 is 5.81. The second-order valence-corrected chi connectivity index (χ2v) is 4.82. The van der Waals surface area contributed by atoms with Crippen molar-refractivity contribution >= 4 is 11.6 Å². The van der Waals surface area contributed by atoms with Gasteiger partial charge in [0.25, 0.3) is 0 Å². The molecule has 5 heteroatoms. The number of hydrogen-bond donors (Lipinski definition) is 1. The Bertz CT molecular complexity index is 592. The largest absolute Gasteiger partial charge is 0.495 e. The minimum absolute atomic E-state index is 0.0366. The van der Waals surface area contributed by atoms with E-state index in [-0.39, 0.29) is 11.1 Å². The number of ether oxygens (including phenoxy) is 1. The van der Waals surface area contributed by atoms with Gasteiger partial charge in [-0.15, -0.1) is 0 Å². The highest BCUT2D eigenvalue weighted by Crippen LogP contribution is 2.27. The van der Waals surface area contributed by atoms with Gasteiger partial charge in [0.1, 0.15) is 11.6 Å². The summed E-state index contributed by atoms with van der Waals surface area (Å²) in [4.78, 5) is 4.04. The van der Waals surface area contributed by atoms with E-state index in [1.165, 1.54) is 6.07 Å². The van der Waals surface area contributed by atoms with Crippen LogP contribution in [-0.2, 0) is 6.42 Å². The molecule has 0 aliphatic heterocycles. The van der Waals surface area contributed by atoms with Gasteiger partial charge in [0.05, 0.1) is 18.3 Å². The molecule has 1 aromatic carbocycles. The number of aromatic nitrogens is 1. The first-order valence-corrected chi connectivity index (χ1v) is 6.62. The van der Waals surface area contributed by atoms with Crippen LogP contribution >= 0.6 is 11.6 Å². The molecule has 0 amide bonds. The van der Waals surface area contributed by atoms with E-state index in [2.05, 4.69) is 10.3 Å². The second kappa shape index (κ2) is 6.68. The fourth-order valence-electron chi connectivity index (χ4n) is 2.12. The van der Waals surface area contributed by atoms with Crippen molar-refractivity contribution in [2.45, 2.75) is 12.5 Å². The molecule has 1 atom stereocenters. The summed E-state index contributed by atoms with van der Waals surface area (Å²) in [5, 5.41) is 3.37. The van der Waals surface area contributed by atoms with E-state index in [0.717, 1.165) is 16.9 Å². The maximum Gasteiger partial charge on any atom is 0.141 e. The Morgan fingerprint density at radius 1 is 1.40 bits per heavy atom. The molecular formula is C15H16ClFN2O. The van der Waals surface area contributed by atoms with Gasteiger partial charge in [-0.25, -0.2) is 4.39 Å². The van der Waals surface area contributed by atoms with Gasteiger partial charge in [0, 0.05) is 17.8 Å². The Morgan fingerprint density at radius 2 is 2.20 bits per heavy atom. The van der Waals surface area contributed by atoms with Crippen LogP contribution < -0.4 is 10.1 Å². The number of halogens is 2. The molecule has 20 heavy (non-hydrogen) atoms. The van der Waals surface area contributed by atoms with Gasteiger partial charge in [-0.2, -0.15) is 0 Å². The highest BCUT2D eigenvalue weighted by Gasteiger charge is 2.15. The summed E-state index contributed by atoms with van der Waals surface area (Å²) < 4.78 is 18.5. The van der Waals surface area contributed by atoms with E-state index in [1.807, 2.05) is 13.1 Å². The van der Waals surface area contributed by atoms with E-state index in [0.29, 0.717) is 6.42 Å². The quantitative estimate of drug-likeness (QED) is 0.918. The number of benzene rings is 1. The van der Waals surface area contributed by atoms with Gasteiger partial charge in [0.2, 0.25) is 0 Å². The average molecular weight is 295 g/mol. The third-order valence-electron chi connectivity index (χ3n) is 3.18. The standard InChI is InChI=1S/C15H16ClFN2O/c1-18-14(11-5-6-19-9-15(11)20-2)8-10-3-4-13(17)12(16)7-10/h3-7,9,14,18H,8H2,1-2H3. The zero-order valence-corrected chi connectivity index (χ0v) is 12.1. The van der Waals surface area contributed by atoms with Crippen molar-refractivity contribution in [2.24, 2.45) is 0 Å². The van der Waals surface area contributed by atoms with Gasteiger partial charge in [-0.1, -0.05) is 17.7 Å². The molecular weight excluding hydrogens is 279 g/mol. The van der Waals surface area contributed by atoms with Crippen molar-refractivity contribution in [3.05, 3.63) is 58.6 Å². The summed E-state index contributed by atoms with van der Waals surface area (Å²) in [6.45, 7) is 0. The van der Waals surface area contributed by atoms with Crippen LogP contribution in [0.1, 0.15) is 17.2 Å². The molecule has 0 radical (unpaired) electrons. The van der Waals surface area contributed by atoms with Crippen LogP contribution in [0.15, 0.2) is 36.7 Å². The van der Waals surface area contributed by atoms with Crippen LogP contribution in [0.3, 0.4) is 0 Å². The van der Waals surface area contributed by atoms with Crippen LogP contribution in [-0.4, -0.2) is 19.1 Å². The molecule has 2 aromatic rings. The van der Waals surface area contributed by atoms with Crippen LogP contribution in [0, 0.1) is 5.82 Å². The maximum absolute atomic E-state index is 13.2. The van der Waals surface area contributed by atoms with Gasteiger partial charge >= 0.3 is 0 Å². The number of methoxy groups -OCH3 is 1. The molecule has 1 aromatic heterocycles. The predicted octanol–water partition coefficient (Wildman–Crippen LogP) is 3.39. The highest BCUT2D eigenvalue weighted by atomic mass is 35.5. The molecule has 0 aliphatic carbocycles. The Kier molecular flexibility index (Phi) is 4.93. The molecule has 106 valence electrons. The summed E-state index contributed by atoms with van der Waals surface area (Å²) in [5.41, 5.74) is 1.96. The summed E-state index contributed by atoms with van der Waals surface area (Å²) in [6.07, 6.45) is 4.08. The van der Waals surface area contributed by atoms with E-state index < -0.39 is 5.82 Å². The van der Waals surface area contributed by atoms with Gasteiger partial charge in [-0.3, -0.25) is 4.98 Å². The lowest BCUT2D eigenvalue weighted by Gasteiger charge is -2.19. The SMILES string of the molecule is CNC(Cc1ccc(F)c(Cl)c1)c1ccncc1OC. The molecule has 0 bridgehead atoms. The van der Waals surface area contributed by atoms with Crippen molar-refractivity contribution in [2.75, 3.05) is 14.2 Å². The summed E-state index contributed by atoms with van der Waals surface area (Å²) in [6, 6.07) is 6.71. The van der Waals surface area contributed by atoms with Gasteiger partial charge in [-0.05, 0) is 37.2 Å². The minimum atomic E-state index is -0.405. The fraction of sp³-hybridized carbons (Fsp3) is 0.267. The van der Waals surface area contributed by atoms with E-state index in [1.54, 1.807) is 31.6 Å². The predicted molar refractivity (Wildman–Crippen MR) is 77.7 cm³/mol. The molecule has 0 saturated heterocycles. The van der Waals surface area contributed by atoms with Gasteiger partial charge in [0.15, 0.2) is 0 Å². The van der Waals surface area contributed by atoms with Crippen molar-refractivity contribution in [3.63, 3.8) is 0 Å². The van der Waals surface area contributed by atoms with Crippen LogP contribution in [0.5, 0.6) is 5.75 Å². The lowest BCUT2D eigenvalue weighted by Crippen LogP contribution is -2.19. The van der Waals surface area contributed by atoms with Crippen LogP contribution in [0.2, 0.25) is 5.02 Å². The fourth-order valence-corrected chi connectivity index (χ4v) is 2.32. The lowest BCUT2D eigenvalue weighted by molar-refractivity contribution is 0.399. The Balaban J connectivity index is 2.26. The number of likely N-dealkylation sites (N-methyl/N-ethyl adjacent to an activating group) is 1. The van der Waals surface area contributed by atoms with E-state index >= 15 is 0 Å². The molecule has 0 spiro atoms. The normalized spacial score (nSPS) is 12.2. The van der Waals surface area contributed by atoms with Crippen molar-refractivity contribution < 1.29 is 9.13 Å². The Labute approximate surface area is 122 Å². The lowest BCUT2D eigenvalue weighted by atomic mass is 9.99. The number of pyridine rings is 1. The third kappa shape index (κ3) is 3.26. The van der Waals surface area contributed by atoms with Crippen LogP contribution in [0.25, 0.3) is 0 Å². The van der Waals surface area contributed by atoms with Gasteiger partial charge < -0.3 is 10.1 Å². The molecule has 0 fully saturated rings. The Hall–Kier alpha value is -1.65. The molecule has 3 nitrogen and oxygen atoms in total. The number of nitrogens with zero attached hydrogens (tertiary/aromatic N) is 1. The topological polar surface area (TPSA) is 34.2 Å². The number of nitrogens with one attached hydrogen (secondary N) is 1. The van der Waals surface area contributed by atoms with Crippen molar-refractivity contribution in [3.8, 4) is 5.75 Å². The van der Waals surface area contributed by atoms with E-state index in [4.69, 9.17) is 16.3 Å². The minimum Gasteiger partial charge on any atom is -0.495 e. The summed E-state index contributed by atoms with van der Waals surface area (Å²) in [5.74, 6) is 0.318. The van der Waals surface area contributed by atoms with Crippen molar-refractivity contribution in [1.82, 2.24) is 10.3 Å². The molecule has 0 saturated carbocycles. The monoisotopic (exact) mass is 294 g/mol. The van der Waals surface area contributed by atoms with E-state index in [9.17, 15) is 4.39 Å². The zero-order valence-electron chi connectivity index (χ0n) is 11.4. The van der Waals surface area contributed by atoms with Crippen LogP contribution in [0.4, 0.5) is 4.39 Å². The number of hydrogen-bond acceptors (Lipinski definition) is 3. The first-order chi connectivity index (χ1) is 9.65. The molecule has 2 rings (SSSR count). The van der Waals surface area contributed by atoms with Crippen molar-refractivity contribution in [1.29, 1.82) is 0 Å². The smallest absolute Gasteiger partial charge is 0.141 e. The molecule has 0 aliphatic rings. The third-order valence-corrected chi connectivity index (χ3v) is 3.47. The summed E-state index contributed by atoms with van der Waals surface area (Å²) in [7, 11) is 3.48. The Morgan fingerprint density at radius 3 is 2.85 bits per heavy atom. The zero-order chi connectivity index (χ0) is 14.5. The molecule has 1 N–H and O–H groups in total. The average Bonchev–Trinajstić information content (AvgIpc) is 2.48. The first kappa shape index (κ1) is 14.8.